The molecule has 2 aliphatic rings. The van der Waals surface area contributed by atoms with Crippen molar-refractivity contribution in [3.63, 3.8) is 0 Å². The van der Waals surface area contributed by atoms with Crippen LogP contribution in [0.15, 0.2) is 109 Å². The lowest BCUT2D eigenvalue weighted by Crippen LogP contribution is -2.38. The normalized spacial score (nSPS) is 15.9. The van der Waals surface area contributed by atoms with Crippen molar-refractivity contribution < 1.29 is 0 Å². The van der Waals surface area contributed by atoms with E-state index in [1.807, 2.05) is 18.3 Å². The predicted molar refractivity (Wildman–Crippen MR) is 154 cm³/mol. The Morgan fingerprint density at radius 2 is 1.14 bits per heavy atom. The van der Waals surface area contributed by atoms with Crippen LogP contribution in [-0.4, -0.2) is 4.98 Å². The molecule has 0 aliphatic carbocycles. The maximum Gasteiger partial charge on any atom is 0.0702 e. The monoisotopic (exact) mass is 478 g/mol. The van der Waals surface area contributed by atoms with E-state index in [4.69, 9.17) is 0 Å². The summed E-state index contributed by atoms with van der Waals surface area (Å²) in [6, 6.07) is 37.6. The molecule has 37 heavy (non-hydrogen) atoms. The zero-order valence-electron chi connectivity index (χ0n) is 21.8. The molecule has 4 aromatic carbocycles. The number of aromatic nitrogens is 1. The number of nitrogens with zero attached hydrogens (tertiary/aromatic N) is 2. The molecule has 2 aliphatic heterocycles. The first-order valence-corrected chi connectivity index (χ1v) is 13.1. The van der Waals surface area contributed by atoms with Crippen LogP contribution in [0, 0.1) is 0 Å². The van der Waals surface area contributed by atoms with Gasteiger partial charge in [-0.05, 0) is 69.8 Å². The molecular weight excluding hydrogens is 448 g/mol. The molecule has 2 nitrogen and oxygen atoms in total. The number of pyridine rings is 1. The molecule has 0 bridgehead atoms. The summed E-state index contributed by atoms with van der Waals surface area (Å²) in [6.45, 7) is 9.47. The Hall–Kier alpha value is -4.17. The van der Waals surface area contributed by atoms with Crippen molar-refractivity contribution in [2.45, 2.75) is 38.5 Å². The fourth-order valence-electron chi connectivity index (χ4n) is 6.45. The number of hydrogen-bond donors (Lipinski definition) is 0. The van der Waals surface area contributed by atoms with Gasteiger partial charge in [-0.25, -0.2) is 0 Å². The molecule has 180 valence electrons. The van der Waals surface area contributed by atoms with Crippen molar-refractivity contribution in [1.82, 2.24) is 4.98 Å². The number of anilines is 3. The Bertz CT molecular complexity index is 1680. The average Bonchev–Trinajstić information content (AvgIpc) is 2.93. The van der Waals surface area contributed by atoms with Gasteiger partial charge in [0.25, 0.3) is 0 Å². The summed E-state index contributed by atoms with van der Waals surface area (Å²) in [6.07, 6.45) is 1.85. The van der Waals surface area contributed by atoms with Crippen molar-refractivity contribution in [2.75, 3.05) is 4.90 Å². The average molecular weight is 479 g/mol. The second-order valence-electron chi connectivity index (χ2n) is 11.3. The number of para-hydroxylation sites is 2. The molecule has 2 heteroatoms. The van der Waals surface area contributed by atoms with Gasteiger partial charge in [0.15, 0.2) is 0 Å². The van der Waals surface area contributed by atoms with E-state index in [0.29, 0.717) is 0 Å². The molecule has 0 atom stereocenters. The first-order valence-electron chi connectivity index (χ1n) is 13.1. The van der Waals surface area contributed by atoms with Crippen LogP contribution >= 0.6 is 0 Å². The minimum atomic E-state index is -0.131. The fourth-order valence-corrected chi connectivity index (χ4v) is 6.45. The second-order valence-corrected chi connectivity index (χ2v) is 11.3. The fraction of sp³-hybridized carbons (Fsp3) is 0.171. The first-order chi connectivity index (χ1) is 17.9. The standard InChI is InChI=1S/C35H30N2/c1-34(2)26-13-5-6-17-31(26)37-32-19-18-24(23-11-9-12-25(21-23)30-16-7-8-20-36-30)22-29(32)35(3,4)28-15-10-14-27(34)33(28)37/h5-22H,1-4H3. The zero-order chi connectivity index (χ0) is 25.4. The van der Waals surface area contributed by atoms with Crippen LogP contribution in [0.3, 0.4) is 0 Å². The van der Waals surface area contributed by atoms with E-state index in [0.717, 1.165) is 11.3 Å². The third-order valence-electron chi connectivity index (χ3n) is 8.49. The molecule has 1 aromatic heterocycles. The molecule has 7 rings (SSSR count). The lowest BCUT2D eigenvalue weighted by Gasteiger charge is -2.49. The minimum Gasteiger partial charge on any atom is -0.309 e. The molecule has 0 radical (unpaired) electrons. The predicted octanol–water partition coefficient (Wildman–Crippen LogP) is 9.16. The molecule has 0 saturated carbocycles. The highest BCUT2D eigenvalue weighted by molar-refractivity contribution is 5.93. The lowest BCUT2D eigenvalue weighted by molar-refractivity contribution is 0.597. The van der Waals surface area contributed by atoms with Crippen LogP contribution < -0.4 is 4.90 Å². The van der Waals surface area contributed by atoms with Crippen molar-refractivity contribution in [1.29, 1.82) is 0 Å². The molecule has 0 spiro atoms. The Kier molecular flexibility index (Phi) is 4.57. The SMILES string of the molecule is CC1(C)c2ccccc2N2c3ccc(-c4cccc(-c5ccccn5)c4)cc3C(C)(C)c3cccc1c32. The molecular formula is C35H30N2. The Morgan fingerprint density at radius 1 is 0.514 bits per heavy atom. The Morgan fingerprint density at radius 3 is 1.92 bits per heavy atom. The van der Waals surface area contributed by atoms with E-state index >= 15 is 0 Å². The van der Waals surface area contributed by atoms with Gasteiger partial charge in [-0.3, -0.25) is 4.98 Å². The van der Waals surface area contributed by atoms with Gasteiger partial charge >= 0.3 is 0 Å². The summed E-state index contributed by atoms with van der Waals surface area (Å²) in [5.41, 5.74) is 13.8. The van der Waals surface area contributed by atoms with E-state index < -0.39 is 0 Å². The van der Waals surface area contributed by atoms with Crippen LogP contribution in [0.25, 0.3) is 22.4 Å². The van der Waals surface area contributed by atoms with Gasteiger partial charge in [-0.1, -0.05) is 94.4 Å². The van der Waals surface area contributed by atoms with Gasteiger partial charge in [-0.15, -0.1) is 0 Å². The number of benzene rings is 4. The van der Waals surface area contributed by atoms with Crippen molar-refractivity contribution in [3.8, 4) is 22.4 Å². The van der Waals surface area contributed by atoms with Gasteiger partial charge in [0.2, 0.25) is 0 Å². The minimum absolute atomic E-state index is 0.0577. The first kappa shape index (κ1) is 22.1. The third kappa shape index (κ3) is 3.08. The van der Waals surface area contributed by atoms with E-state index in [2.05, 4.69) is 129 Å². The topological polar surface area (TPSA) is 16.1 Å². The van der Waals surface area contributed by atoms with Crippen molar-refractivity contribution in [2.24, 2.45) is 0 Å². The van der Waals surface area contributed by atoms with E-state index in [1.165, 1.54) is 50.4 Å². The molecule has 0 amide bonds. The summed E-state index contributed by atoms with van der Waals surface area (Å²) in [7, 11) is 0. The number of fused-ring (bicyclic) bond motifs is 4. The summed E-state index contributed by atoms with van der Waals surface area (Å²) in [5, 5.41) is 0. The Labute approximate surface area is 219 Å². The van der Waals surface area contributed by atoms with Gasteiger partial charge < -0.3 is 4.90 Å². The van der Waals surface area contributed by atoms with Gasteiger partial charge in [0.05, 0.1) is 22.8 Å². The largest absolute Gasteiger partial charge is 0.309 e. The zero-order valence-corrected chi connectivity index (χ0v) is 21.8. The number of hydrogen-bond acceptors (Lipinski definition) is 2. The highest BCUT2D eigenvalue weighted by Crippen LogP contribution is 2.60. The third-order valence-corrected chi connectivity index (χ3v) is 8.49. The van der Waals surface area contributed by atoms with Crippen LogP contribution in [0.5, 0.6) is 0 Å². The Balaban J connectivity index is 1.44. The quantitative estimate of drug-likeness (QED) is 0.251. The molecule has 0 N–H and O–H groups in total. The molecule has 3 heterocycles. The van der Waals surface area contributed by atoms with Crippen LogP contribution in [-0.2, 0) is 10.8 Å². The summed E-state index contributed by atoms with van der Waals surface area (Å²) in [5.74, 6) is 0. The highest BCUT2D eigenvalue weighted by atomic mass is 15.2. The van der Waals surface area contributed by atoms with Crippen LogP contribution in [0.4, 0.5) is 17.1 Å². The van der Waals surface area contributed by atoms with Gasteiger partial charge in [0.1, 0.15) is 0 Å². The maximum atomic E-state index is 4.56. The number of rotatable bonds is 2. The van der Waals surface area contributed by atoms with Crippen LogP contribution in [0.1, 0.15) is 49.9 Å². The molecule has 0 fully saturated rings. The smallest absolute Gasteiger partial charge is 0.0702 e. The molecule has 5 aromatic rings. The van der Waals surface area contributed by atoms with Crippen molar-refractivity contribution >= 4 is 17.1 Å². The van der Waals surface area contributed by atoms with Gasteiger partial charge in [-0.2, -0.15) is 0 Å². The van der Waals surface area contributed by atoms with E-state index in [9.17, 15) is 0 Å². The maximum absolute atomic E-state index is 4.56. The van der Waals surface area contributed by atoms with Crippen LogP contribution in [0.2, 0.25) is 0 Å². The summed E-state index contributed by atoms with van der Waals surface area (Å²) < 4.78 is 0. The summed E-state index contributed by atoms with van der Waals surface area (Å²) >= 11 is 0. The van der Waals surface area contributed by atoms with Gasteiger partial charge in [0, 0.05) is 22.6 Å². The van der Waals surface area contributed by atoms with E-state index in [-0.39, 0.29) is 10.8 Å². The van der Waals surface area contributed by atoms with E-state index in [1.54, 1.807) is 0 Å². The highest BCUT2D eigenvalue weighted by Gasteiger charge is 2.45. The lowest BCUT2D eigenvalue weighted by atomic mass is 9.66. The van der Waals surface area contributed by atoms with Crippen molar-refractivity contribution in [3.05, 3.63) is 132 Å². The summed E-state index contributed by atoms with van der Waals surface area (Å²) in [4.78, 5) is 7.08. The molecule has 0 unspecified atom stereocenters. The second kappa shape index (κ2) is 7.66. The molecule has 0 saturated heterocycles.